The molecular weight excluding hydrogens is 412 g/mol. The molecule has 3 rings (SSSR count). The third kappa shape index (κ3) is 6.39. The van der Waals surface area contributed by atoms with Gasteiger partial charge >= 0.3 is 0 Å². The van der Waals surface area contributed by atoms with E-state index in [1.165, 1.54) is 0 Å². The Labute approximate surface area is 184 Å². The van der Waals surface area contributed by atoms with Gasteiger partial charge in [0.15, 0.2) is 9.84 Å². The van der Waals surface area contributed by atoms with E-state index in [0.29, 0.717) is 36.5 Å². The Balaban J connectivity index is 1.60. The summed E-state index contributed by atoms with van der Waals surface area (Å²) in [6.07, 6.45) is 3.70. The smallest absolute Gasteiger partial charge is 0.154 e. The summed E-state index contributed by atoms with van der Waals surface area (Å²) in [5.41, 5.74) is 2.95. The molecule has 0 N–H and O–H groups in total. The van der Waals surface area contributed by atoms with Crippen LogP contribution in [0.2, 0.25) is 0 Å². The van der Waals surface area contributed by atoms with Gasteiger partial charge in [0.2, 0.25) is 0 Å². The lowest BCUT2D eigenvalue weighted by Gasteiger charge is -2.33. The van der Waals surface area contributed by atoms with Gasteiger partial charge in [0, 0.05) is 24.3 Å². The van der Waals surface area contributed by atoms with Gasteiger partial charge in [-0.1, -0.05) is 19.1 Å². The van der Waals surface area contributed by atoms with E-state index < -0.39 is 9.84 Å². The second kappa shape index (κ2) is 10.6. The van der Waals surface area contributed by atoms with Gasteiger partial charge < -0.3 is 9.47 Å². The summed E-state index contributed by atoms with van der Waals surface area (Å²) in [4.78, 5) is 4.30. The fourth-order valence-corrected chi connectivity index (χ4v) is 5.32. The number of sulfone groups is 1. The highest BCUT2D eigenvalue weighted by Gasteiger charge is 2.30. The van der Waals surface area contributed by atoms with Crippen molar-refractivity contribution < 1.29 is 17.9 Å². The SMILES string of the molecule is C=C(CS(=O)(=O)CCC)C1CCCOC1COc1ccc(-c2ccc(C#N)cn2)cc1. The summed E-state index contributed by atoms with van der Waals surface area (Å²) >= 11 is 0. The van der Waals surface area contributed by atoms with E-state index in [4.69, 9.17) is 14.7 Å². The molecule has 0 spiro atoms. The zero-order valence-electron chi connectivity index (χ0n) is 17.8. The van der Waals surface area contributed by atoms with Crippen molar-refractivity contribution in [1.29, 1.82) is 5.26 Å². The lowest BCUT2D eigenvalue weighted by molar-refractivity contribution is -0.0383. The maximum Gasteiger partial charge on any atom is 0.154 e. The second-order valence-corrected chi connectivity index (χ2v) is 9.97. The van der Waals surface area contributed by atoms with Crippen molar-refractivity contribution in [3.05, 3.63) is 60.3 Å². The molecule has 1 aromatic carbocycles. The number of rotatable bonds is 9. The maximum absolute atomic E-state index is 12.2. The van der Waals surface area contributed by atoms with Crippen LogP contribution in [0.5, 0.6) is 5.75 Å². The highest BCUT2D eigenvalue weighted by Crippen LogP contribution is 2.29. The first-order valence-electron chi connectivity index (χ1n) is 10.5. The van der Waals surface area contributed by atoms with Crippen molar-refractivity contribution in [2.24, 2.45) is 5.92 Å². The molecule has 1 aromatic heterocycles. The normalized spacial score (nSPS) is 18.8. The first kappa shape index (κ1) is 23.0. The van der Waals surface area contributed by atoms with E-state index in [2.05, 4.69) is 17.6 Å². The van der Waals surface area contributed by atoms with Crippen molar-refractivity contribution in [2.75, 3.05) is 24.7 Å². The van der Waals surface area contributed by atoms with Gasteiger partial charge in [0.05, 0.1) is 28.9 Å². The molecule has 1 aliphatic rings. The first-order chi connectivity index (χ1) is 14.9. The van der Waals surface area contributed by atoms with Gasteiger partial charge in [-0.3, -0.25) is 4.98 Å². The Morgan fingerprint density at radius 1 is 1.29 bits per heavy atom. The number of pyridine rings is 1. The van der Waals surface area contributed by atoms with E-state index in [1.807, 2.05) is 37.3 Å². The fraction of sp³-hybridized carbons (Fsp3) is 0.417. The molecule has 0 amide bonds. The lowest BCUT2D eigenvalue weighted by Crippen LogP contribution is -2.37. The molecule has 1 fully saturated rings. The third-order valence-electron chi connectivity index (χ3n) is 5.34. The van der Waals surface area contributed by atoms with Gasteiger partial charge in [-0.05, 0) is 55.7 Å². The standard InChI is InChI=1S/C24H28N2O4S/c1-3-13-31(27,28)17-18(2)22-5-4-12-29-24(22)16-30-21-9-7-20(8-10-21)23-11-6-19(14-25)15-26-23/h6-11,15,22,24H,2-5,12-13,16-17H2,1H3. The van der Waals surface area contributed by atoms with E-state index in [1.54, 1.807) is 12.3 Å². The zero-order chi connectivity index (χ0) is 22.3. The predicted molar refractivity (Wildman–Crippen MR) is 120 cm³/mol. The molecule has 2 unspecified atom stereocenters. The average Bonchev–Trinajstić information content (AvgIpc) is 2.78. The average molecular weight is 441 g/mol. The maximum atomic E-state index is 12.2. The molecular formula is C24H28N2O4S. The summed E-state index contributed by atoms with van der Waals surface area (Å²) in [6.45, 7) is 6.91. The monoisotopic (exact) mass is 440 g/mol. The van der Waals surface area contributed by atoms with Crippen LogP contribution in [-0.4, -0.2) is 44.2 Å². The Hall–Kier alpha value is -2.69. The zero-order valence-corrected chi connectivity index (χ0v) is 18.6. The highest BCUT2D eigenvalue weighted by molar-refractivity contribution is 7.91. The number of benzene rings is 1. The van der Waals surface area contributed by atoms with Gasteiger partial charge in [-0.25, -0.2) is 8.42 Å². The minimum absolute atomic E-state index is 0.0116. The van der Waals surface area contributed by atoms with Crippen molar-refractivity contribution >= 4 is 9.84 Å². The Kier molecular flexibility index (Phi) is 7.83. The highest BCUT2D eigenvalue weighted by atomic mass is 32.2. The van der Waals surface area contributed by atoms with Crippen LogP contribution in [0.1, 0.15) is 31.7 Å². The van der Waals surface area contributed by atoms with Gasteiger partial charge in [-0.2, -0.15) is 5.26 Å². The predicted octanol–water partition coefficient (Wildman–Crippen LogP) is 4.18. The van der Waals surface area contributed by atoms with Crippen LogP contribution in [0.3, 0.4) is 0 Å². The number of ether oxygens (including phenoxy) is 2. The molecule has 0 saturated carbocycles. The summed E-state index contributed by atoms with van der Waals surface area (Å²) in [5.74, 6) is 0.871. The van der Waals surface area contributed by atoms with E-state index >= 15 is 0 Å². The topological polar surface area (TPSA) is 89.3 Å². The Morgan fingerprint density at radius 3 is 2.71 bits per heavy atom. The molecule has 2 aromatic rings. The molecule has 0 aliphatic carbocycles. The number of aromatic nitrogens is 1. The molecule has 0 radical (unpaired) electrons. The minimum atomic E-state index is -3.13. The number of nitrogens with zero attached hydrogens (tertiary/aromatic N) is 2. The van der Waals surface area contributed by atoms with Crippen LogP contribution in [0, 0.1) is 17.2 Å². The summed E-state index contributed by atoms with van der Waals surface area (Å²) in [5, 5.41) is 8.88. The molecule has 6 nitrogen and oxygen atoms in total. The van der Waals surface area contributed by atoms with Crippen LogP contribution >= 0.6 is 0 Å². The number of nitriles is 1. The van der Waals surface area contributed by atoms with Crippen molar-refractivity contribution in [3.8, 4) is 23.1 Å². The van der Waals surface area contributed by atoms with Crippen LogP contribution in [0.15, 0.2) is 54.7 Å². The Morgan fingerprint density at radius 2 is 2.06 bits per heavy atom. The van der Waals surface area contributed by atoms with Crippen molar-refractivity contribution in [3.63, 3.8) is 0 Å². The van der Waals surface area contributed by atoms with Crippen molar-refractivity contribution in [1.82, 2.24) is 4.98 Å². The van der Waals surface area contributed by atoms with Crippen molar-refractivity contribution in [2.45, 2.75) is 32.3 Å². The van der Waals surface area contributed by atoms with E-state index in [0.717, 1.165) is 24.1 Å². The molecule has 1 saturated heterocycles. The molecule has 2 atom stereocenters. The van der Waals surface area contributed by atoms with Crippen LogP contribution in [0.25, 0.3) is 11.3 Å². The number of hydrogen-bond donors (Lipinski definition) is 0. The van der Waals surface area contributed by atoms with E-state index in [-0.39, 0.29) is 23.5 Å². The second-order valence-electron chi connectivity index (χ2n) is 7.79. The van der Waals surface area contributed by atoms with Crippen LogP contribution in [-0.2, 0) is 14.6 Å². The fourth-order valence-electron chi connectivity index (χ4n) is 3.78. The van der Waals surface area contributed by atoms with Gasteiger partial charge in [-0.15, -0.1) is 0 Å². The van der Waals surface area contributed by atoms with E-state index in [9.17, 15) is 8.42 Å². The van der Waals surface area contributed by atoms with Crippen LogP contribution < -0.4 is 4.74 Å². The molecule has 7 heteroatoms. The third-order valence-corrected chi connectivity index (χ3v) is 7.18. The summed E-state index contributed by atoms with van der Waals surface area (Å²) in [6, 6.07) is 13.2. The van der Waals surface area contributed by atoms with Gasteiger partial charge in [0.25, 0.3) is 0 Å². The molecule has 2 heterocycles. The first-order valence-corrected chi connectivity index (χ1v) is 12.3. The van der Waals surface area contributed by atoms with Crippen LogP contribution in [0.4, 0.5) is 0 Å². The summed E-state index contributed by atoms with van der Waals surface area (Å²) in [7, 11) is -3.13. The Bertz CT molecular complexity index is 1020. The minimum Gasteiger partial charge on any atom is -0.491 e. The lowest BCUT2D eigenvalue weighted by atomic mass is 9.89. The molecule has 164 valence electrons. The molecule has 1 aliphatic heterocycles. The quantitative estimate of drug-likeness (QED) is 0.544. The largest absolute Gasteiger partial charge is 0.491 e. The summed E-state index contributed by atoms with van der Waals surface area (Å²) < 4.78 is 36.3. The molecule has 31 heavy (non-hydrogen) atoms. The van der Waals surface area contributed by atoms with Gasteiger partial charge in [0.1, 0.15) is 18.4 Å². The number of hydrogen-bond acceptors (Lipinski definition) is 6. The molecule has 0 bridgehead atoms.